The predicted molar refractivity (Wildman–Crippen MR) is 93.9 cm³/mol. The molecule has 2 rings (SSSR count). The van der Waals surface area contributed by atoms with Crippen molar-refractivity contribution in [3.8, 4) is 0 Å². The van der Waals surface area contributed by atoms with E-state index in [0.29, 0.717) is 17.7 Å². The summed E-state index contributed by atoms with van der Waals surface area (Å²) in [6.07, 6.45) is 4.55. The molecule has 126 valence electrons. The molecular weight excluding hydrogens is 302 g/mol. The summed E-state index contributed by atoms with van der Waals surface area (Å²) in [5.41, 5.74) is 1.95. The fourth-order valence-electron chi connectivity index (χ4n) is 2.16. The van der Waals surface area contributed by atoms with E-state index in [9.17, 15) is 9.59 Å². The monoisotopic (exact) mass is 325 g/mol. The van der Waals surface area contributed by atoms with Gasteiger partial charge >= 0.3 is 0 Å². The molecule has 0 fully saturated rings. The van der Waals surface area contributed by atoms with Gasteiger partial charge in [-0.25, -0.2) is 0 Å². The largest absolute Gasteiger partial charge is 0.352 e. The number of hydrogen-bond acceptors (Lipinski definition) is 3. The van der Waals surface area contributed by atoms with Crippen LogP contribution >= 0.6 is 0 Å². The van der Waals surface area contributed by atoms with Crippen molar-refractivity contribution in [2.45, 2.75) is 32.7 Å². The molecule has 2 N–H and O–H groups in total. The van der Waals surface area contributed by atoms with Gasteiger partial charge in [0.2, 0.25) is 0 Å². The van der Waals surface area contributed by atoms with Crippen molar-refractivity contribution < 1.29 is 9.59 Å². The second-order valence-corrected chi connectivity index (χ2v) is 5.74. The Morgan fingerprint density at radius 1 is 1.08 bits per heavy atom. The maximum Gasteiger partial charge on any atom is 0.253 e. The van der Waals surface area contributed by atoms with E-state index in [4.69, 9.17) is 0 Å². The maximum atomic E-state index is 12.2. The van der Waals surface area contributed by atoms with E-state index in [2.05, 4.69) is 15.6 Å². The molecule has 5 nitrogen and oxygen atoms in total. The Morgan fingerprint density at radius 3 is 2.42 bits per heavy atom. The van der Waals surface area contributed by atoms with Gasteiger partial charge < -0.3 is 10.6 Å². The predicted octanol–water partition coefficient (Wildman–Crippen LogP) is 2.58. The molecule has 24 heavy (non-hydrogen) atoms. The van der Waals surface area contributed by atoms with Gasteiger partial charge in [0.15, 0.2) is 0 Å². The van der Waals surface area contributed by atoms with E-state index in [0.717, 1.165) is 18.4 Å². The zero-order valence-electron chi connectivity index (χ0n) is 14.1. The number of carbonyl (C=O) groups is 2. The van der Waals surface area contributed by atoms with Crippen molar-refractivity contribution in [2.24, 2.45) is 0 Å². The third-order valence-corrected chi connectivity index (χ3v) is 3.79. The molecule has 5 heteroatoms. The van der Waals surface area contributed by atoms with Gasteiger partial charge in [-0.15, -0.1) is 0 Å². The summed E-state index contributed by atoms with van der Waals surface area (Å²) >= 11 is 0. The average molecular weight is 325 g/mol. The van der Waals surface area contributed by atoms with Crippen molar-refractivity contribution >= 4 is 11.8 Å². The summed E-state index contributed by atoms with van der Waals surface area (Å²) < 4.78 is 0. The maximum absolute atomic E-state index is 12.2. The molecule has 0 saturated heterocycles. The van der Waals surface area contributed by atoms with E-state index in [1.165, 1.54) is 12.4 Å². The number of aromatic nitrogens is 1. The third-order valence-electron chi connectivity index (χ3n) is 3.79. The van der Waals surface area contributed by atoms with Gasteiger partial charge in [-0.05, 0) is 31.4 Å². The standard InChI is InChI=1S/C19H23N3O2/c1-3-14(2)22-19(24)17-11-16(12-20-13-17)18(23)21-10-9-15-7-5-4-6-8-15/h4-8,11-14H,3,9-10H2,1-2H3,(H,21,23)(H,22,24). The number of rotatable bonds is 7. The van der Waals surface area contributed by atoms with E-state index in [1.807, 2.05) is 44.2 Å². The molecule has 1 heterocycles. The minimum atomic E-state index is -0.225. The first-order valence-electron chi connectivity index (χ1n) is 8.18. The third kappa shape index (κ3) is 5.19. The number of amides is 2. The minimum absolute atomic E-state index is 0.0841. The zero-order chi connectivity index (χ0) is 17.4. The number of carbonyl (C=O) groups excluding carboxylic acids is 2. The van der Waals surface area contributed by atoms with Gasteiger partial charge in [0.1, 0.15) is 0 Å². The Balaban J connectivity index is 1.92. The van der Waals surface area contributed by atoms with Crippen LogP contribution < -0.4 is 10.6 Å². The Kier molecular flexibility index (Phi) is 6.49. The Morgan fingerprint density at radius 2 is 1.75 bits per heavy atom. The summed E-state index contributed by atoms with van der Waals surface area (Å²) in [5, 5.41) is 5.72. The highest BCUT2D eigenvalue weighted by Gasteiger charge is 2.12. The fraction of sp³-hybridized carbons (Fsp3) is 0.316. The van der Waals surface area contributed by atoms with Crippen LogP contribution in [0.1, 0.15) is 46.5 Å². The van der Waals surface area contributed by atoms with E-state index in [-0.39, 0.29) is 17.9 Å². The van der Waals surface area contributed by atoms with Gasteiger partial charge in [-0.3, -0.25) is 14.6 Å². The van der Waals surface area contributed by atoms with Crippen LogP contribution in [0.4, 0.5) is 0 Å². The normalized spacial score (nSPS) is 11.6. The highest BCUT2D eigenvalue weighted by Crippen LogP contribution is 2.05. The van der Waals surface area contributed by atoms with Crippen molar-refractivity contribution in [3.63, 3.8) is 0 Å². The molecule has 1 atom stereocenters. The van der Waals surface area contributed by atoms with Crippen molar-refractivity contribution in [1.29, 1.82) is 0 Å². The van der Waals surface area contributed by atoms with Gasteiger partial charge in [0.05, 0.1) is 11.1 Å². The highest BCUT2D eigenvalue weighted by atomic mass is 16.2. The first kappa shape index (κ1) is 17.7. The Hall–Kier alpha value is -2.69. The van der Waals surface area contributed by atoms with Crippen LogP contribution in [-0.4, -0.2) is 29.4 Å². The lowest BCUT2D eigenvalue weighted by molar-refractivity contribution is 0.0939. The summed E-state index contributed by atoms with van der Waals surface area (Å²) in [5.74, 6) is -0.438. The minimum Gasteiger partial charge on any atom is -0.352 e. The summed E-state index contributed by atoms with van der Waals surface area (Å²) in [4.78, 5) is 28.3. The van der Waals surface area contributed by atoms with E-state index in [1.54, 1.807) is 6.07 Å². The number of pyridine rings is 1. The summed E-state index contributed by atoms with van der Waals surface area (Å²) in [7, 11) is 0. The van der Waals surface area contributed by atoms with Crippen LogP contribution in [0, 0.1) is 0 Å². The second kappa shape index (κ2) is 8.82. The lowest BCUT2D eigenvalue weighted by Gasteiger charge is -2.11. The number of hydrogen-bond donors (Lipinski definition) is 2. The van der Waals surface area contributed by atoms with Crippen molar-refractivity contribution in [1.82, 2.24) is 15.6 Å². The molecule has 1 aromatic carbocycles. The number of benzene rings is 1. The molecule has 0 aliphatic carbocycles. The van der Waals surface area contributed by atoms with Gasteiger partial charge in [0, 0.05) is 25.0 Å². The van der Waals surface area contributed by atoms with Crippen molar-refractivity contribution in [2.75, 3.05) is 6.54 Å². The van der Waals surface area contributed by atoms with E-state index < -0.39 is 0 Å². The molecule has 0 aliphatic rings. The Labute approximate surface area is 142 Å². The molecule has 2 aromatic rings. The molecule has 2 amide bonds. The molecule has 0 saturated carbocycles. The van der Waals surface area contributed by atoms with Gasteiger partial charge in [-0.2, -0.15) is 0 Å². The summed E-state index contributed by atoms with van der Waals surface area (Å²) in [6, 6.07) is 11.6. The molecule has 0 spiro atoms. The lowest BCUT2D eigenvalue weighted by Crippen LogP contribution is -2.32. The first-order valence-corrected chi connectivity index (χ1v) is 8.18. The Bertz CT molecular complexity index is 686. The SMILES string of the molecule is CCC(C)NC(=O)c1cncc(C(=O)NCCc2ccccc2)c1. The molecule has 1 aromatic heterocycles. The van der Waals surface area contributed by atoms with Crippen LogP contribution in [0.5, 0.6) is 0 Å². The first-order chi connectivity index (χ1) is 11.6. The van der Waals surface area contributed by atoms with Gasteiger partial charge in [0.25, 0.3) is 11.8 Å². The molecule has 0 radical (unpaired) electrons. The smallest absolute Gasteiger partial charge is 0.253 e. The van der Waals surface area contributed by atoms with Crippen LogP contribution in [0.3, 0.4) is 0 Å². The topological polar surface area (TPSA) is 71.1 Å². The zero-order valence-corrected chi connectivity index (χ0v) is 14.1. The number of nitrogens with one attached hydrogen (secondary N) is 2. The molecule has 1 unspecified atom stereocenters. The lowest BCUT2D eigenvalue weighted by atomic mass is 10.1. The second-order valence-electron chi connectivity index (χ2n) is 5.74. The van der Waals surface area contributed by atoms with Crippen LogP contribution in [0.2, 0.25) is 0 Å². The molecular formula is C19H23N3O2. The van der Waals surface area contributed by atoms with Crippen LogP contribution in [-0.2, 0) is 6.42 Å². The number of nitrogens with zero attached hydrogens (tertiary/aromatic N) is 1. The molecule has 0 bridgehead atoms. The van der Waals surface area contributed by atoms with Crippen LogP contribution in [0.15, 0.2) is 48.8 Å². The quantitative estimate of drug-likeness (QED) is 0.822. The summed E-state index contributed by atoms with van der Waals surface area (Å²) in [6.45, 7) is 4.47. The van der Waals surface area contributed by atoms with E-state index >= 15 is 0 Å². The van der Waals surface area contributed by atoms with Crippen LogP contribution in [0.25, 0.3) is 0 Å². The van der Waals surface area contributed by atoms with Crippen molar-refractivity contribution in [3.05, 3.63) is 65.5 Å². The fourth-order valence-corrected chi connectivity index (χ4v) is 2.16. The highest BCUT2D eigenvalue weighted by molar-refractivity contribution is 5.99. The molecule has 0 aliphatic heterocycles. The van der Waals surface area contributed by atoms with Gasteiger partial charge in [-0.1, -0.05) is 37.3 Å². The average Bonchev–Trinajstić information content (AvgIpc) is 2.62.